The summed E-state index contributed by atoms with van der Waals surface area (Å²) in [5, 5.41) is 15.4. The lowest BCUT2D eigenvalue weighted by Gasteiger charge is -2.41. The number of carbonyl (C=O) groups is 2. The molecule has 0 radical (unpaired) electrons. The maximum Gasteiger partial charge on any atom is 0.329 e. The van der Waals surface area contributed by atoms with Crippen LogP contribution in [0.2, 0.25) is 0 Å². The number of hydrogen-bond donors (Lipinski definition) is 1. The molecule has 2 atom stereocenters. The number of carbonyl (C=O) groups excluding carboxylic acids is 2. The number of methoxy groups -OCH3 is 1. The SMILES string of the molecule is COC(=O)[C@@H](N(C(=O)CC#N)C(C)c1cn[nH]c1)C(C)(C)C. The van der Waals surface area contributed by atoms with Crippen LogP contribution in [0.5, 0.6) is 0 Å². The van der Waals surface area contributed by atoms with E-state index in [0.29, 0.717) is 0 Å². The second-order valence-corrected chi connectivity index (χ2v) is 6.14. The van der Waals surface area contributed by atoms with Crippen molar-refractivity contribution in [3.05, 3.63) is 18.0 Å². The van der Waals surface area contributed by atoms with Crippen LogP contribution in [0.25, 0.3) is 0 Å². The third-order valence-electron chi connectivity index (χ3n) is 3.46. The number of H-pyrrole nitrogens is 1. The molecule has 1 N–H and O–H groups in total. The largest absolute Gasteiger partial charge is 0.467 e. The van der Waals surface area contributed by atoms with E-state index < -0.39 is 29.4 Å². The predicted molar refractivity (Wildman–Crippen MR) is 79.3 cm³/mol. The zero-order valence-electron chi connectivity index (χ0n) is 13.6. The van der Waals surface area contributed by atoms with Crippen LogP contribution in [0.4, 0.5) is 0 Å². The van der Waals surface area contributed by atoms with Gasteiger partial charge >= 0.3 is 5.97 Å². The van der Waals surface area contributed by atoms with E-state index in [9.17, 15) is 9.59 Å². The van der Waals surface area contributed by atoms with Gasteiger partial charge in [0, 0.05) is 11.8 Å². The zero-order valence-corrected chi connectivity index (χ0v) is 13.6. The van der Waals surface area contributed by atoms with Gasteiger partial charge < -0.3 is 9.64 Å². The van der Waals surface area contributed by atoms with Crippen molar-refractivity contribution in [3.63, 3.8) is 0 Å². The number of nitrogens with zero attached hydrogens (tertiary/aromatic N) is 3. The molecule has 1 aromatic rings. The van der Waals surface area contributed by atoms with Crippen molar-refractivity contribution in [2.75, 3.05) is 7.11 Å². The van der Waals surface area contributed by atoms with Gasteiger partial charge in [-0.25, -0.2) is 4.79 Å². The van der Waals surface area contributed by atoms with E-state index >= 15 is 0 Å². The maximum absolute atomic E-state index is 12.5. The molecule has 0 aliphatic heterocycles. The van der Waals surface area contributed by atoms with Crippen molar-refractivity contribution in [1.29, 1.82) is 5.26 Å². The first-order valence-corrected chi connectivity index (χ1v) is 6.98. The average molecular weight is 306 g/mol. The summed E-state index contributed by atoms with van der Waals surface area (Å²) in [5.74, 6) is -0.921. The van der Waals surface area contributed by atoms with E-state index in [2.05, 4.69) is 10.2 Å². The van der Waals surface area contributed by atoms with Crippen LogP contribution in [0, 0.1) is 16.7 Å². The highest BCUT2D eigenvalue weighted by atomic mass is 16.5. The molecule has 0 fully saturated rings. The highest BCUT2D eigenvalue weighted by Gasteiger charge is 2.42. The fourth-order valence-corrected chi connectivity index (χ4v) is 2.39. The van der Waals surface area contributed by atoms with Gasteiger partial charge in [0.1, 0.15) is 12.5 Å². The number of nitriles is 1. The lowest BCUT2D eigenvalue weighted by atomic mass is 9.84. The van der Waals surface area contributed by atoms with Crippen LogP contribution in [0.1, 0.15) is 45.7 Å². The topological polar surface area (TPSA) is 99.1 Å². The molecule has 0 aromatic carbocycles. The number of amides is 1. The molecule has 120 valence electrons. The summed E-state index contributed by atoms with van der Waals surface area (Å²) in [7, 11) is 1.29. The Hall–Kier alpha value is -2.36. The fraction of sp³-hybridized carbons (Fsp3) is 0.600. The minimum atomic E-state index is -0.803. The lowest BCUT2D eigenvalue weighted by molar-refractivity contribution is -0.160. The Balaban J connectivity index is 3.31. The first-order valence-electron chi connectivity index (χ1n) is 6.98. The number of esters is 1. The molecule has 0 bridgehead atoms. The first kappa shape index (κ1) is 17.7. The van der Waals surface area contributed by atoms with E-state index in [1.165, 1.54) is 12.0 Å². The molecule has 0 saturated heterocycles. The second-order valence-electron chi connectivity index (χ2n) is 6.14. The summed E-state index contributed by atoms with van der Waals surface area (Å²) in [5.41, 5.74) is 0.209. The highest BCUT2D eigenvalue weighted by molar-refractivity contribution is 5.86. The van der Waals surface area contributed by atoms with E-state index in [0.717, 1.165) is 5.56 Å². The number of aromatic nitrogens is 2. The quantitative estimate of drug-likeness (QED) is 0.836. The third kappa shape index (κ3) is 3.85. The molecule has 1 aromatic heterocycles. The fourth-order valence-electron chi connectivity index (χ4n) is 2.39. The molecular formula is C15H22N4O3. The van der Waals surface area contributed by atoms with Gasteiger partial charge in [-0.1, -0.05) is 20.8 Å². The number of hydrogen-bond acceptors (Lipinski definition) is 5. The minimum absolute atomic E-state index is 0.300. The van der Waals surface area contributed by atoms with Crippen LogP contribution < -0.4 is 0 Å². The van der Waals surface area contributed by atoms with Gasteiger partial charge in [-0.3, -0.25) is 9.89 Å². The Bertz CT molecular complexity index is 554. The average Bonchev–Trinajstić information content (AvgIpc) is 2.96. The summed E-state index contributed by atoms with van der Waals surface area (Å²) in [4.78, 5) is 26.1. The summed E-state index contributed by atoms with van der Waals surface area (Å²) in [6, 6.07) is 0.628. The smallest absolute Gasteiger partial charge is 0.329 e. The Labute approximate surface area is 130 Å². The molecule has 0 spiro atoms. The van der Waals surface area contributed by atoms with Crippen molar-refractivity contribution in [2.24, 2.45) is 5.41 Å². The van der Waals surface area contributed by atoms with Crippen LogP contribution in [0.3, 0.4) is 0 Å². The molecule has 0 saturated carbocycles. The van der Waals surface area contributed by atoms with Gasteiger partial charge in [-0.05, 0) is 12.3 Å². The molecule has 1 heterocycles. The van der Waals surface area contributed by atoms with Crippen LogP contribution in [-0.2, 0) is 14.3 Å². The highest BCUT2D eigenvalue weighted by Crippen LogP contribution is 2.32. The molecule has 1 rings (SSSR count). The number of ether oxygens (including phenoxy) is 1. The zero-order chi connectivity index (χ0) is 16.9. The standard InChI is InChI=1S/C15H22N4O3/c1-10(11-8-17-18-9-11)19(12(20)6-7-16)13(14(21)22-5)15(2,3)4/h8-10,13H,6H2,1-5H3,(H,17,18)/t10?,13-/m1/s1. The van der Waals surface area contributed by atoms with Crippen LogP contribution in [0.15, 0.2) is 12.4 Å². The van der Waals surface area contributed by atoms with Crippen LogP contribution >= 0.6 is 0 Å². The molecule has 1 amide bonds. The van der Waals surface area contributed by atoms with Gasteiger partial charge in [0.2, 0.25) is 5.91 Å². The van der Waals surface area contributed by atoms with Gasteiger partial charge in [0.25, 0.3) is 0 Å². The van der Waals surface area contributed by atoms with Crippen molar-refractivity contribution >= 4 is 11.9 Å². The normalized spacial score (nSPS) is 13.8. The maximum atomic E-state index is 12.5. The minimum Gasteiger partial charge on any atom is -0.467 e. The Kier molecular flexibility index (Phi) is 5.69. The monoisotopic (exact) mass is 306 g/mol. The molecule has 1 unspecified atom stereocenters. The van der Waals surface area contributed by atoms with Crippen molar-refractivity contribution < 1.29 is 14.3 Å². The lowest BCUT2D eigenvalue weighted by Crippen LogP contribution is -2.53. The summed E-state index contributed by atoms with van der Waals surface area (Å²) in [6.07, 6.45) is 2.95. The van der Waals surface area contributed by atoms with Crippen molar-refractivity contribution in [3.8, 4) is 6.07 Å². The second kappa shape index (κ2) is 7.07. The van der Waals surface area contributed by atoms with E-state index in [4.69, 9.17) is 10.00 Å². The molecular weight excluding hydrogens is 284 g/mol. The molecule has 0 aliphatic rings. The van der Waals surface area contributed by atoms with Gasteiger partial charge in [-0.15, -0.1) is 0 Å². The Morgan fingerprint density at radius 1 is 1.50 bits per heavy atom. The van der Waals surface area contributed by atoms with Gasteiger partial charge in [0.05, 0.1) is 25.4 Å². The van der Waals surface area contributed by atoms with Gasteiger partial charge in [-0.2, -0.15) is 10.4 Å². The number of rotatable bonds is 5. The molecule has 22 heavy (non-hydrogen) atoms. The predicted octanol–water partition coefficient (Wildman–Crippen LogP) is 1.80. The Morgan fingerprint density at radius 3 is 2.55 bits per heavy atom. The first-order chi connectivity index (χ1) is 10.2. The van der Waals surface area contributed by atoms with Gasteiger partial charge in [0.15, 0.2) is 0 Å². The summed E-state index contributed by atoms with van der Waals surface area (Å²) < 4.78 is 4.88. The van der Waals surface area contributed by atoms with E-state index in [1.807, 2.05) is 26.8 Å². The van der Waals surface area contributed by atoms with E-state index in [1.54, 1.807) is 19.3 Å². The third-order valence-corrected chi connectivity index (χ3v) is 3.46. The van der Waals surface area contributed by atoms with Crippen LogP contribution in [-0.4, -0.2) is 40.1 Å². The summed E-state index contributed by atoms with van der Waals surface area (Å²) >= 11 is 0. The van der Waals surface area contributed by atoms with Crippen molar-refractivity contribution in [2.45, 2.75) is 46.2 Å². The molecule has 0 aliphatic carbocycles. The van der Waals surface area contributed by atoms with Crippen molar-refractivity contribution in [1.82, 2.24) is 15.1 Å². The molecule has 7 heteroatoms. The van der Waals surface area contributed by atoms with E-state index in [-0.39, 0.29) is 6.42 Å². The number of aromatic amines is 1. The summed E-state index contributed by atoms with van der Waals surface area (Å²) in [6.45, 7) is 7.35. The molecule has 7 nitrogen and oxygen atoms in total. The number of nitrogens with one attached hydrogen (secondary N) is 1. The Morgan fingerprint density at radius 2 is 2.14 bits per heavy atom.